The van der Waals surface area contributed by atoms with E-state index in [1.807, 2.05) is 0 Å². The fourth-order valence-electron chi connectivity index (χ4n) is 7.88. The van der Waals surface area contributed by atoms with E-state index in [0.29, 0.717) is 37.4 Å². The minimum atomic E-state index is -0.193. The standard InChI is InChI=1S/C40H74O5/c1-3-5-13-19-35(20-14-6-4-2)28-33-44-38(42)23-17-11-7-9-15-21-37(41)22-16-10-8-12-18-24-39(43)45-34-32-40-29-25-36(26-30-40)27-31-40/h35-37,41H,3-34H2,1-2H3. The number of rotatable bonds is 30. The van der Waals surface area contributed by atoms with Crippen molar-refractivity contribution in [2.45, 2.75) is 213 Å². The molecule has 0 spiro atoms. The minimum absolute atomic E-state index is 0.0130. The first kappa shape index (κ1) is 40.1. The fraction of sp³-hybridized carbons (Fsp3) is 0.950. The first-order valence-electron chi connectivity index (χ1n) is 20.0. The van der Waals surface area contributed by atoms with Gasteiger partial charge in [-0.1, -0.05) is 117 Å². The van der Waals surface area contributed by atoms with Gasteiger partial charge in [0.05, 0.1) is 19.3 Å². The van der Waals surface area contributed by atoms with Gasteiger partial charge >= 0.3 is 11.9 Å². The SMILES string of the molecule is CCCCCC(CCCCC)CCOC(=O)CCCCCCCC(O)CCCCCCCC(=O)OCCC12CCC(CC1)CC2. The van der Waals surface area contributed by atoms with Crippen molar-refractivity contribution in [1.82, 2.24) is 0 Å². The van der Waals surface area contributed by atoms with E-state index in [1.165, 1.54) is 89.9 Å². The van der Waals surface area contributed by atoms with Crippen LogP contribution in [0.15, 0.2) is 0 Å². The van der Waals surface area contributed by atoms with Crippen molar-refractivity contribution in [2.24, 2.45) is 17.3 Å². The third kappa shape index (κ3) is 20.0. The van der Waals surface area contributed by atoms with Gasteiger partial charge in [0.2, 0.25) is 0 Å². The van der Waals surface area contributed by atoms with Crippen LogP contribution in [0.3, 0.4) is 0 Å². The van der Waals surface area contributed by atoms with Crippen molar-refractivity contribution in [3.63, 3.8) is 0 Å². The average Bonchev–Trinajstić information content (AvgIpc) is 3.04. The van der Waals surface area contributed by atoms with Crippen LogP contribution in [0, 0.1) is 17.3 Å². The van der Waals surface area contributed by atoms with Crippen LogP contribution in [0.1, 0.15) is 206 Å². The van der Waals surface area contributed by atoms with Gasteiger partial charge in [-0.25, -0.2) is 0 Å². The number of hydrogen-bond donors (Lipinski definition) is 1. The van der Waals surface area contributed by atoms with Crippen LogP contribution in [0.2, 0.25) is 0 Å². The van der Waals surface area contributed by atoms with E-state index < -0.39 is 0 Å². The molecule has 0 aromatic rings. The maximum atomic E-state index is 12.2. The summed E-state index contributed by atoms with van der Waals surface area (Å²) in [5.74, 6) is 1.66. The van der Waals surface area contributed by atoms with Crippen LogP contribution in [-0.4, -0.2) is 36.4 Å². The highest BCUT2D eigenvalue weighted by Gasteiger charge is 2.39. The van der Waals surface area contributed by atoms with Crippen molar-refractivity contribution in [3.05, 3.63) is 0 Å². The number of esters is 2. The Balaban J connectivity index is 1.32. The molecule has 264 valence electrons. The lowest BCUT2D eigenvalue weighted by Gasteiger charge is -2.46. The summed E-state index contributed by atoms with van der Waals surface area (Å²) in [4.78, 5) is 24.3. The predicted octanol–water partition coefficient (Wildman–Crippen LogP) is 11.4. The van der Waals surface area contributed by atoms with Crippen LogP contribution < -0.4 is 0 Å². The lowest BCUT2D eigenvalue weighted by Crippen LogP contribution is -2.35. The Morgan fingerprint density at radius 2 is 1.04 bits per heavy atom. The second-order valence-electron chi connectivity index (χ2n) is 15.1. The summed E-state index contributed by atoms with van der Waals surface area (Å²) in [7, 11) is 0. The van der Waals surface area contributed by atoms with Gasteiger partial charge < -0.3 is 14.6 Å². The first-order valence-corrected chi connectivity index (χ1v) is 20.0. The molecule has 1 atom stereocenters. The molecule has 0 heterocycles. The van der Waals surface area contributed by atoms with E-state index in [2.05, 4.69) is 13.8 Å². The van der Waals surface area contributed by atoms with Gasteiger partial charge in [0.1, 0.15) is 0 Å². The van der Waals surface area contributed by atoms with Crippen LogP contribution in [-0.2, 0) is 19.1 Å². The van der Waals surface area contributed by atoms with Gasteiger partial charge in [-0.05, 0) is 94.3 Å². The normalized spacial score (nSPS) is 20.0. The Morgan fingerprint density at radius 3 is 1.56 bits per heavy atom. The van der Waals surface area contributed by atoms with Crippen molar-refractivity contribution in [3.8, 4) is 0 Å². The lowest BCUT2D eigenvalue weighted by molar-refractivity contribution is -0.145. The molecule has 1 N–H and O–H groups in total. The third-order valence-electron chi connectivity index (χ3n) is 11.2. The fourth-order valence-corrected chi connectivity index (χ4v) is 7.88. The molecule has 3 fully saturated rings. The lowest BCUT2D eigenvalue weighted by atomic mass is 9.59. The van der Waals surface area contributed by atoms with E-state index in [1.54, 1.807) is 0 Å². The Hall–Kier alpha value is -1.10. The highest BCUT2D eigenvalue weighted by Crippen LogP contribution is 2.52. The molecule has 0 aromatic heterocycles. The zero-order valence-electron chi connectivity index (χ0n) is 29.9. The second-order valence-corrected chi connectivity index (χ2v) is 15.1. The van der Waals surface area contributed by atoms with Gasteiger partial charge in [-0.3, -0.25) is 9.59 Å². The van der Waals surface area contributed by atoms with E-state index in [-0.39, 0.29) is 18.0 Å². The Kier molecular flexibility index (Phi) is 23.1. The molecule has 3 aliphatic rings. The monoisotopic (exact) mass is 635 g/mol. The highest BCUT2D eigenvalue weighted by atomic mass is 16.5. The molecule has 0 aliphatic heterocycles. The molecule has 2 bridgehead atoms. The quantitative estimate of drug-likeness (QED) is 0.0628. The molecule has 0 aromatic carbocycles. The van der Waals surface area contributed by atoms with E-state index in [9.17, 15) is 14.7 Å². The number of carbonyl (C=O) groups is 2. The summed E-state index contributed by atoms with van der Waals surface area (Å²) < 4.78 is 11.2. The van der Waals surface area contributed by atoms with Crippen molar-refractivity contribution in [1.29, 1.82) is 0 Å². The topological polar surface area (TPSA) is 72.8 Å². The van der Waals surface area contributed by atoms with E-state index >= 15 is 0 Å². The summed E-state index contributed by atoms with van der Waals surface area (Å²) in [5, 5.41) is 10.3. The Bertz CT molecular complexity index is 704. The summed E-state index contributed by atoms with van der Waals surface area (Å²) in [6, 6.07) is 0. The molecule has 3 aliphatic carbocycles. The molecule has 5 heteroatoms. The Morgan fingerprint density at radius 1 is 0.600 bits per heavy atom. The first-order chi connectivity index (χ1) is 22.0. The molecule has 5 nitrogen and oxygen atoms in total. The van der Waals surface area contributed by atoms with Crippen LogP contribution in [0.5, 0.6) is 0 Å². The summed E-state index contributed by atoms with van der Waals surface area (Å²) in [5.41, 5.74) is 0.487. The van der Waals surface area contributed by atoms with E-state index in [4.69, 9.17) is 9.47 Å². The zero-order chi connectivity index (χ0) is 32.4. The molecule has 3 saturated carbocycles. The average molecular weight is 635 g/mol. The Labute approximate surface area is 278 Å². The molecule has 0 radical (unpaired) electrons. The number of aliphatic hydroxyl groups excluding tert-OH is 1. The van der Waals surface area contributed by atoms with E-state index in [0.717, 1.165) is 95.8 Å². The number of aliphatic hydroxyl groups is 1. The maximum absolute atomic E-state index is 12.2. The van der Waals surface area contributed by atoms with Gasteiger partial charge in [0.15, 0.2) is 0 Å². The van der Waals surface area contributed by atoms with Gasteiger partial charge in [0, 0.05) is 12.8 Å². The minimum Gasteiger partial charge on any atom is -0.466 e. The van der Waals surface area contributed by atoms with Crippen LogP contribution in [0.25, 0.3) is 0 Å². The molecule has 45 heavy (non-hydrogen) atoms. The summed E-state index contributed by atoms with van der Waals surface area (Å²) >= 11 is 0. The van der Waals surface area contributed by atoms with Crippen molar-refractivity contribution in [2.75, 3.05) is 13.2 Å². The van der Waals surface area contributed by atoms with Crippen molar-refractivity contribution < 1.29 is 24.2 Å². The molecule has 0 saturated heterocycles. The van der Waals surface area contributed by atoms with Crippen LogP contribution >= 0.6 is 0 Å². The third-order valence-corrected chi connectivity index (χ3v) is 11.2. The largest absolute Gasteiger partial charge is 0.466 e. The summed E-state index contributed by atoms with van der Waals surface area (Å²) in [6.45, 7) is 5.72. The second kappa shape index (κ2) is 25.9. The number of unbranched alkanes of at least 4 members (excludes halogenated alkanes) is 12. The number of fused-ring (bicyclic) bond motifs is 3. The molecular formula is C40H74O5. The predicted molar refractivity (Wildman–Crippen MR) is 187 cm³/mol. The number of ether oxygens (including phenoxy) is 2. The molecular weight excluding hydrogens is 560 g/mol. The molecule has 3 rings (SSSR count). The zero-order valence-corrected chi connectivity index (χ0v) is 29.9. The smallest absolute Gasteiger partial charge is 0.305 e. The van der Waals surface area contributed by atoms with Gasteiger partial charge in [-0.2, -0.15) is 0 Å². The highest BCUT2D eigenvalue weighted by molar-refractivity contribution is 5.69. The summed E-state index contributed by atoms with van der Waals surface area (Å²) in [6.07, 6.45) is 33.9. The van der Waals surface area contributed by atoms with Gasteiger partial charge in [-0.15, -0.1) is 0 Å². The molecule has 0 amide bonds. The number of hydrogen-bond acceptors (Lipinski definition) is 5. The molecule has 1 unspecified atom stereocenters. The van der Waals surface area contributed by atoms with Gasteiger partial charge in [0.25, 0.3) is 0 Å². The maximum Gasteiger partial charge on any atom is 0.305 e. The number of carbonyl (C=O) groups excluding carboxylic acids is 2. The van der Waals surface area contributed by atoms with Crippen LogP contribution in [0.4, 0.5) is 0 Å². The van der Waals surface area contributed by atoms with Crippen molar-refractivity contribution >= 4 is 11.9 Å².